The first-order chi connectivity index (χ1) is 14.7. The van der Waals surface area contributed by atoms with Crippen LogP contribution in [0.1, 0.15) is 11.1 Å². The summed E-state index contributed by atoms with van der Waals surface area (Å²) in [7, 11) is 0. The topological polar surface area (TPSA) is 22.1 Å². The van der Waals surface area contributed by atoms with Gasteiger partial charge in [-0.2, -0.15) is 0 Å². The molecule has 0 aliphatic heterocycles. The number of halogens is 1. The summed E-state index contributed by atoms with van der Waals surface area (Å²) in [6.45, 7) is 3.94. The third-order valence-electron chi connectivity index (χ3n) is 5.45. The molecule has 1 aliphatic carbocycles. The highest BCUT2D eigenvalue weighted by Gasteiger charge is 2.14. The van der Waals surface area contributed by atoms with Crippen LogP contribution in [0.4, 0.5) is 4.39 Å². The fourth-order valence-corrected chi connectivity index (χ4v) is 4.04. The highest BCUT2D eigenvalue weighted by atomic mass is 19.1. The van der Waals surface area contributed by atoms with Gasteiger partial charge in [-0.25, -0.2) is 4.39 Å². The Morgan fingerprint density at radius 1 is 1.03 bits per heavy atom. The molecule has 2 nitrogen and oxygen atoms in total. The molecule has 0 radical (unpaired) electrons. The van der Waals surface area contributed by atoms with Gasteiger partial charge in [0, 0.05) is 23.4 Å². The van der Waals surface area contributed by atoms with Crippen molar-refractivity contribution in [1.82, 2.24) is 4.98 Å². The molecule has 3 aromatic carbocycles. The Hall–Kier alpha value is -3.72. The molecular weight excluding hydrogens is 373 g/mol. The normalized spacial score (nSPS) is 12.2. The zero-order valence-corrected chi connectivity index (χ0v) is 16.4. The van der Waals surface area contributed by atoms with Crippen LogP contribution >= 0.6 is 0 Å². The summed E-state index contributed by atoms with van der Waals surface area (Å²) in [5.41, 5.74) is 5.77. The summed E-state index contributed by atoms with van der Waals surface area (Å²) in [5.74, 6) is 0.121. The second-order valence-electron chi connectivity index (χ2n) is 7.32. The van der Waals surface area contributed by atoms with Gasteiger partial charge in [0.2, 0.25) is 0 Å². The van der Waals surface area contributed by atoms with Crippen LogP contribution in [0.5, 0.6) is 5.75 Å². The van der Waals surface area contributed by atoms with Gasteiger partial charge in [-0.15, -0.1) is 0 Å². The van der Waals surface area contributed by atoms with E-state index < -0.39 is 0 Å². The Morgan fingerprint density at radius 2 is 1.93 bits per heavy atom. The van der Waals surface area contributed by atoms with Gasteiger partial charge in [0.1, 0.15) is 18.2 Å². The minimum absolute atomic E-state index is 0.343. The Balaban J connectivity index is 1.52. The minimum atomic E-state index is -0.356. The SMILES string of the molecule is C=CCOc1ccc(-c2ccc(-c3ccc4cccc5c4c3C=CC5)cn2)c(F)c1. The lowest BCUT2D eigenvalue weighted by molar-refractivity contribution is 0.361. The second-order valence-corrected chi connectivity index (χ2v) is 7.32. The number of hydrogen-bond acceptors (Lipinski definition) is 2. The van der Waals surface area contributed by atoms with Crippen LogP contribution in [0.15, 0.2) is 85.6 Å². The van der Waals surface area contributed by atoms with Crippen molar-refractivity contribution in [3.05, 3.63) is 103 Å². The first kappa shape index (κ1) is 18.3. The molecule has 0 saturated heterocycles. The highest BCUT2D eigenvalue weighted by Crippen LogP contribution is 2.36. The maximum Gasteiger partial charge on any atom is 0.136 e. The lowest BCUT2D eigenvalue weighted by Crippen LogP contribution is -1.96. The third kappa shape index (κ3) is 3.18. The Morgan fingerprint density at radius 3 is 2.73 bits per heavy atom. The molecule has 1 aromatic heterocycles. The summed E-state index contributed by atoms with van der Waals surface area (Å²) in [4.78, 5) is 4.55. The number of ether oxygens (including phenoxy) is 1. The molecule has 4 aromatic rings. The van der Waals surface area contributed by atoms with E-state index in [9.17, 15) is 4.39 Å². The number of pyridine rings is 1. The largest absolute Gasteiger partial charge is 0.489 e. The van der Waals surface area contributed by atoms with Gasteiger partial charge < -0.3 is 4.74 Å². The highest BCUT2D eigenvalue weighted by molar-refractivity contribution is 6.00. The molecule has 0 atom stereocenters. The van der Waals surface area contributed by atoms with E-state index >= 15 is 0 Å². The molecule has 30 heavy (non-hydrogen) atoms. The van der Waals surface area contributed by atoms with Gasteiger partial charge in [-0.05, 0) is 52.1 Å². The average Bonchev–Trinajstić information content (AvgIpc) is 2.79. The van der Waals surface area contributed by atoms with Crippen molar-refractivity contribution in [2.45, 2.75) is 6.42 Å². The van der Waals surface area contributed by atoms with E-state index in [1.807, 2.05) is 18.3 Å². The predicted molar refractivity (Wildman–Crippen MR) is 121 cm³/mol. The van der Waals surface area contributed by atoms with Crippen LogP contribution in [0.3, 0.4) is 0 Å². The van der Waals surface area contributed by atoms with Crippen molar-refractivity contribution < 1.29 is 9.13 Å². The van der Waals surface area contributed by atoms with Crippen LogP contribution < -0.4 is 4.74 Å². The molecule has 0 unspecified atom stereocenters. The molecule has 0 fully saturated rings. The fourth-order valence-electron chi connectivity index (χ4n) is 4.04. The molecular formula is C27H20FNO. The quantitative estimate of drug-likeness (QED) is 0.346. The monoisotopic (exact) mass is 393 g/mol. The summed E-state index contributed by atoms with van der Waals surface area (Å²) in [6.07, 6.45) is 8.80. The summed E-state index contributed by atoms with van der Waals surface area (Å²) < 4.78 is 20.0. The lowest BCUT2D eigenvalue weighted by Gasteiger charge is -2.17. The number of nitrogens with zero attached hydrogens (tertiary/aromatic N) is 1. The summed E-state index contributed by atoms with van der Waals surface area (Å²) >= 11 is 0. The molecule has 5 rings (SSSR count). The van der Waals surface area contributed by atoms with Crippen LogP contribution in [0, 0.1) is 5.82 Å². The molecule has 0 bridgehead atoms. The maximum absolute atomic E-state index is 14.6. The van der Waals surface area contributed by atoms with Crippen LogP contribution in [0.25, 0.3) is 39.2 Å². The first-order valence-electron chi connectivity index (χ1n) is 9.96. The molecule has 1 heterocycles. The Bertz CT molecular complexity index is 1290. The van der Waals surface area contributed by atoms with E-state index in [1.54, 1.807) is 18.2 Å². The molecule has 3 heteroatoms. The zero-order valence-electron chi connectivity index (χ0n) is 16.4. The summed E-state index contributed by atoms with van der Waals surface area (Å²) in [6, 6.07) is 19.4. The van der Waals surface area contributed by atoms with E-state index in [0.717, 1.165) is 17.5 Å². The molecule has 0 N–H and O–H groups in total. The second kappa shape index (κ2) is 7.60. The van der Waals surface area contributed by atoms with Gasteiger partial charge in [-0.1, -0.05) is 61.2 Å². The van der Waals surface area contributed by atoms with E-state index in [0.29, 0.717) is 23.6 Å². The van der Waals surface area contributed by atoms with Crippen molar-refractivity contribution in [3.63, 3.8) is 0 Å². The van der Waals surface area contributed by atoms with Crippen molar-refractivity contribution in [1.29, 1.82) is 0 Å². The number of benzene rings is 3. The molecule has 1 aliphatic rings. The number of hydrogen-bond donors (Lipinski definition) is 0. The first-order valence-corrected chi connectivity index (χ1v) is 9.96. The molecule has 0 amide bonds. The molecule has 146 valence electrons. The number of allylic oxidation sites excluding steroid dienone is 1. The van der Waals surface area contributed by atoms with Crippen molar-refractivity contribution in [3.8, 4) is 28.1 Å². The smallest absolute Gasteiger partial charge is 0.136 e. The van der Waals surface area contributed by atoms with Gasteiger partial charge in [0.15, 0.2) is 0 Å². The number of aromatic nitrogens is 1. The van der Waals surface area contributed by atoms with Crippen LogP contribution in [0.2, 0.25) is 0 Å². The van der Waals surface area contributed by atoms with Crippen molar-refractivity contribution in [2.24, 2.45) is 0 Å². The lowest BCUT2D eigenvalue weighted by atomic mass is 9.88. The Labute approximate surface area is 175 Å². The fraction of sp³-hybridized carbons (Fsp3) is 0.0741. The van der Waals surface area contributed by atoms with E-state index in [1.165, 1.54) is 28.0 Å². The number of rotatable bonds is 5. The van der Waals surface area contributed by atoms with Gasteiger partial charge >= 0.3 is 0 Å². The van der Waals surface area contributed by atoms with Crippen molar-refractivity contribution in [2.75, 3.05) is 6.61 Å². The van der Waals surface area contributed by atoms with E-state index in [4.69, 9.17) is 4.74 Å². The standard InChI is InChI=1S/C27H20FNO/c1-2-15-30-21-11-13-24(25(28)16-21)26-14-10-20(17-29-26)22-12-9-19-6-3-5-18-7-4-8-23(22)27(18)19/h2-6,8-14,16-17H,1,7,15H2. The van der Waals surface area contributed by atoms with E-state index in [2.05, 4.69) is 54.0 Å². The molecule has 0 saturated carbocycles. The van der Waals surface area contributed by atoms with Crippen LogP contribution in [-0.4, -0.2) is 11.6 Å². The van der Waals surface area contributed by atoms with Gasteiger partial charge in [0.05, 0.1) is 5.69 Å². The maximum atomic E-state index is 14.6. The third-order valence-corrected chi connectivity index (χ3v) is 5.45. The average molecular weight is 393 g/mol. The zero-order chi connectivity index (χ0) is 20.5. The predicted octanol–water partition coefficient (Wildman–Crippen LogP) is 6.84. The minimum Gasteiger partial charge on any atom is -0.489 e. The van der Waals surface area contributed by atoms with Gasteiger partial charge in [-0.3, -0.25) is 4.98 Å². The Kier molecular flexibility index (Phi) is 4.64. The molecule has 0 spiro atoms. The summed E-state index contributed by atoms with van der Waals surface area (Å²) in [5, 5.41) is 2.56. The van der Waals surface area contributed by atoms with Crippen LogP contribution in [-0.2, 0) is 6.42 Å². The van der Waals surface area contributed by atoms with Gasteiger partial charge in [0.25, 0.3) is 0 Å². The van der Waals surface area contributed by atoms with Crippen molar-refractivity contribution >= 4 is 16.8 Å². The van der Waals surface area contributed by atoms with E-state index in [-0.39, 0.29) is 5.82 Å².